The van der Waals surface area contributed by atoms with E-state index < -0.39 is 0 Å². The molecule has 2 aliphatic heterocycles. The molecule has 0 aromatic rings. The smallest absolute Gasteiger partial charge is 0.0642 e. The first-order chi connectivity index (χ1) is 5.88. The molecule has 0 aromatic heterocycles. The molecule has 1 N–H and O–H groups in total. The third kappa shape index (κ3) is 1.63. The summed E-state index contributed by atoms with van der Waals surface area (Å²) >= 11 is 0. The van der Waals surface area contributed by atoms with Crippen LogP contribution in [-0.4, -0.2) is 37.6 Å². The molecule has 0 spiro atoms. The Hall–Kier alpha value is -0.120. The summed E-state index contributed by atoms with van der Waals surface area (Å²) in [5.74, 6) is 0.716. The Morgan fingerprint density at radius 3 is 1.83 bits per heavy atom. The lowest BCUT2D eigenvalue weighted by atomic mass is 9.90. The number of aliphatic hydroxyl groups excluding tert-OH is 1. The fourth-order valence-corrected chi connectivity index (χ4v) is 2.03. The van der Waals surface area contributed by atoms with Crippen LogP contribution in [0.1, 0.15) is 12.8 Å². The molecule has 3 heteroatoms. The fourth-order valence-electron chi connectivity index (χ4n) is 2.03. The van der Waals surface area contributed by atoms with Crippen molar-refractivity contribution in [1.82, 2.24) is 0 Å². The van der Waals surface area contributed by atoms with Gasteiger partial charge in [-0.2, -0.15) is 0 Å². The Morgan fingerprint density at radius 2 is 1.50 bits per heavy atom. The second-order valence-corrected chi connectivity index (χ2v) is 3.74. The van der Waals surface area contributed by atoms with Gasteiger partial charge < -0.3 is 14.6 Å². The van der Waals surface area contributed by atoms with Gasteiger partial charge in [0.1, 0.15) is 0 Å². The quantitative estimate of drug-likeness (QED) is 0.656. The summed E-state index contributed by atoms with van der Waals surface area (Å²) in [6.45, 7) is 3.10. The van der Waals surface area contributed by atoms with Gasteiger partial charge in [0.25, 0.3) is 0 Å². The zero-order valence-electron chi connectivity index (χ0n) is 7.24. The van der Waals surface area contributed by atoms with Crippen LogP contribution in [0.2, 0.25) is 0 Å². The van der Waals surface area contributed by atoms with Gasteiger partial charge in [-0.1, -0.05) is 0 Å². The summed E-state index contributed by atoms with van der Waals surface area (Å²) in [6, 6.07) is 0. The SMILES string of the molecule is OC(C1CCOC1)C1CCOC1. The van der Waals surface area contributed by atoms with Crippen LogP contribution >= 0.6 is 0 Å². The van der Waals surface area contributed by atoms with Crippen molar-refractivity contribution in [2.45, 2.75) is 18.9 Å². The molecular weight excluding hydrogens is 156 g/mol. The number of rotatable bonds is 2. The standard InChI is InChI=1S/C9H16O3/c10-9(7-1-3-11-5-7)8-2-4-12-6-8/h7-10H,1-6H2. The van der Waals surface area contributed by atoms with Crippen molar-refractivity contribution in [2.75, 3.05) is 26.4 Å². The predicted octanol–water partition coefficient (Wildman–Crippen LogP) is 0.420. The molecule has 2 saturated heterocycles. The fraction of sp³-hybridized carbons (Fsp3) is 1.00. The van der Waals surface area contributed by atoms with E-state index in [1.807, 2.05) is 0 Å². The number of hydrogen-bond acceptors (Lipinski definition) is 3. The predicted molar refractivity (Wildman–Crippen MR) is 43.9 cm³/mol. The minimum atomic E-state index is -0.199. The van der Waals surface area contributed by atoms with Gasteiger partial charge in [0.2, 0.25) is 0 Å². The van der Waals surface area contributed by atoms with E-state index in [2.05, 4.69) is 0 Å². The second kappa shape index (κ2) is 3.73. The van der Waals surface area contributed by atoms with Gasteiger partial charge in [-0.3, -0.25) is 0 Å². The van der Waals surface area contributed by atoms with Crippen molar-refractivity contribution in [3.05, 3.63) is 0 Å². The van der Waals surface area contributed by atoms with E-state index in [0.717, 1.165) is 39.3 Å². The van der Waals surface area contributed by atoms with Gasteiger partial charge in [0.15, 0.2) is 0 Å². The van der Waals surface area contributed by atoms with Crippen molar-refractivity contribution >= 4 is 0 Å². The van der Waals surface area contributed by atoms with Crippen molar-refractivity contribution < 1.29 is 14.6 Å². The van der Waals surface area contributed by atoms with E-state index >= 15 is 0 Å². The topological polar surface area (TPSA) is 38.7 Å². The first-order valence-electron chi connectivity index (χ1n) is 4.71. The Labute approximate surface area is 72.7 Å². The number of hydrogen-bond donors (Lipinski definition) is 1. The zero-order valence-corrected chi connectivity index (χ0v) is 7.24. The first kappa shape index (κ1) is 8.48. The summed E-state index contributed by atoms with van der Waals surface area (Å²) in [5, 5.41) is 9.89. The highest BCUT2D eigenvalue weighted by atomic mass is 16.5. The lowest BCUT2D eigenvalue weighted by Gasteiger charge is -2.21. The maximum Gasteiger partial charge on any atom is 0.0642 e. The summed E-state index contributed by atoms with van der Waals surface area (Å²) < 4.78 is 10.5. The highest BCUT2D eigenvalue weighted by Crippen LogP contribution is 2.26. The molecule has 0 radical (unpaired) electrons. The molecule has 0 amide bonds. The Bertz CT molecular complexity index is 121. The highest BCUT2D eigenvalue weighted by molar-refractivity contribution is 4.81. The maximum absolute atomic E-state index is 9.89. The molecule has 0 bridgehead atoms. The summed E-state index contributed by atoms with van der Waals surface area (Å²) in [5.41, 5.74) is 0. The van der Waals surface area contributed by atoms with E-state index in [1.165, 1.54) is 0 Å². The Kier molecular flexibility index (Phi) is 2.63. The van der Waals surface area contributed by atoms with E-state index in [1.54, 1.807) is 0 Å². The van der Waals surface area contributed by atoms with E-state index in [4.69, 9.17) is 9.47 Å². The monoisotopic (exact) mass is 172 g/mol. The van der Waals surface area contributed by atoms with Crippen LogP contribution in [-0.2, 0) is 9.47 Å². The lowest BCUT2D eigenvalue weighted by molar-refractivity contribution is 0.0371. The molecule has 2 fully saturated rings. The number of ether oxygens (including phenoxy) is 2. The molecule has 0 aliphatic carbocycles. The van der Waals surface area contributed by atoms with E-state index in [0.29, 0.717) is 11.8 Å². The van der Waals surface area contributed by atoms with Gasteiger partial charge in [-0.25, -0.2) is 0 Å². The average Bonchev–Trinajstić information content (AvgIpc) is 2.77. The summed E-state index contributed by atoms with van der Waals surface area (Å²) in [6.07, 6.45) is 1.82. The lowest BCUT2D eigenvalue weighted by Crippen LogP contribution is -2.29. The third-order valence-electron chi connectivity index (χ3n) is 2.90. The molecule has 2 atom stereocenters. The first-order valence-corrected chi connectivity index (χ1v) is 4.71. The van der Waals surface area contributed by atoms with Gasteiger partial charge in [-0.05, 0) is 12.8 Å². The minimum absolute atomic E-state index is 0.199. The molecule has 0 aromatic carbocycles. The van der Waals surface area contributed by atoms with Crippen LogP contribution < -0.4 is 0 Å². The van der Waals surface area contributed by atoms with Crippen LogP contribution in [0.3, 0.4) is 0 Å². The summed E-state index contributed by atoms with van der Waals surface area (Å²) in [4.78, 5) is 0. The minimum Gasteiger partial charge on any atom is -0.392 e. The molecule has 2 rings (SSSR count). The maximum atomic E-state index is 9.89. The zero-order chi connectivity index (χ0) is 8.39. The van der Waals surface area contributed by atoms with Crippen LogP contribution in [0.4, 0.5) is 0 Å². The van der Waals surface area contributed by atoms with Crippen molar-refractivity contribution in [3.63, 3.8) is 0 Å². The molecule has 2 aliphatic rings. The van der Waals surface area contributed by atoms with Gasteiger partial charge in [0.05, 0.1) is 19.3 Å². The molecule has 12 heavy (non-hydrogen) atoms. The second-order valence-electron chi connectivity index (χ2n) is 3.74. The molecule has 70 valence electrons. The Morgan fingerprint density at radius 1 is 1.00 bits per heavy atom. The largest absolute Gasteiger partial charge is 0.392 e. The van der Waals surface area contributed by atoms with Crippen LogP contribution in [0.25, 0.3) is 0 Å². The normalized spacial score (nSPS) is 38.8. The molecule has 2 heterocycles. The van der Waals surface area contributed by atoms with Crippen molar-refractivity contribution in [1.29, 1.82) is 0 Å². The summed E-state index contributed by atoms with van der Waals surface area (Å²) in [7, 11) is 0. The van der Waals surface area contributed by atoms with Crippen LogP contribution in [0.5, 0.6) is 0 Å². The average molecular weight is 172 g/mol. The van der Waals surface area contributed by atoms with Gasteiger partial charge >= 0.3 is 0 Å². The Balaban J connectivity index is 1.84. The van der Waals surface area contributed by atoms with E-state index in [-0.39, 0.29) is 6.10 Å². The van der Waals surface area contributed by atoms with Gasteiger partial charge in [0, 0.05) is 25.0 Å². The third-order valence-corrected chi connectivity index (χ3v) is 2.90. The van der Waals surface area contributed by atoms with Crippen molar-refractivity contribution in [3.8, 4) is 0 Å². The van der Waals surface area contributed by atoms with E-state index in [9.17, 15) is 5.11 Å². The highest BCUT2D eigenvalue weighted by Gasteiger charge is 2.32. The molecule has 2 unspecified atom stereocenters. The molecular formula is C9H16O3. The van der Waals surface area contributed by atoms with Gasteiger partial charge in [-0.15, -0.1) is 0 Å². The molecule has 0 saturated carbocycles. The number of aliphatic hydroxyl groups is 1. The van der Waals surface area contributed by atoms with Crippen LogP contribution in [0, 0.1) is 11.8 Å². The van der Waals surface area contributed by atoms with Crippen LogP contribution in [0.15, 0.2) is 0 Å². The molecule has 3 nitrogen and oxygen atoms in total. The van der Waals surface area contributed by atoms with Crippen molar-refractivity contribution in [2.24, 2.45) is 11.8 Å².